The molecule has 0 N–H and O–H groups in total. The van der Waals surface area contributed by atoms with Gasteiger partial charge in [-0.3, -0.25) is 9.69 Å². The maximum absolute atomic E-state index is 13.2. The Morgan fingerprint density at radius 3 is 2.31 bits per heavy atom. The van der Waals surface area contributed by atoms with E-state index in [9.17, 15) is 4.79 Å². The van der Waals surface area contributed by atoms with Crippen molar-refractivity contribution >= 4 is 5.91 Å². The lowest BCUT2D eigenvalue weighted by molar-refractivity contribution is 0.0622. The van der Waals surface area contributed by atoms with Crippen LogP contribution in [-0.4, -0.2) is 76.5 Å². The van der Waals surface area contributed by atoms with E-state index < -0.39 is 0 Å². The van der Waals surface area contributed by atoms with Crippen LogP contribution in [-0.2, 0) is 6.54 Å². The number of piperazine rings is 1. The van der Waals surface area contributed by atoms with Gasteiger partial charge < -0.3 is 14.4 Å². The van der Waals surface area contributed by atoms with Crippen molar-refractivity contribution in [1.29, 1.82) is 0 Å². The van der Waals surface area contributed by atoms with Crippen molar-refractivity contribution in [2.24, 2.45) is 0 Å². The summed E-state index contributed by atoms with van der Waals surface area (Å²) in [6.07, 6.45) is 2.25. The summed E-state index contributed by atoms with van der Waals surface area (Å²) >= 11 is 0. The molecule has 2 saturated heterocycles. The van der Waals surface area contributed by atoms with E-state index in [1.165, 1.54) is 5.56 Å². The first-order valence-corrected chi connectivity index (χ1v) is 10.8. The first-order chi connectivity index (χ1) is 14.0. The summed E-state index contributed by atoms with van der Waals surface area (Å²) in [6.45, 7) is 10.6. The van der Waals surface area contributed by atoms with Crippen molar-refractivity contribution < 1.29 is 4.79 Å². The average molecular weight is 396 g/mol. The van der Waals surface area contributed by atoms with Crippen LogP contribution in [0.2, 0.25) is 0 Å². The molecule has 0 spiro atoms. The molecule has 2 fully saturated rings. The molecular weight excluding hydrogens is 362 g/mol. The Hall–Kier alpha value is -2.18. The molecule has 1 amide bonds. The van der Waals surface area contributed by atoms with Crippen LogP contribution in [0.15, 0.2) is 30.3 Å². The Kier molecular flexibility index (Phi) is 6.01. The second kappa shape index (κ2) is 8.67. The molecule has 1 aromatic carbocycles. The number of hydrogen-bond donors (Lipinski definition) is 0. The lowest BCUT2D eigenvalue weighted by Crippen LogP contribution is -2.48. The summed E-state index contributed by atoms with van der Waals surface area (Å²) in [4.78, 5) is 24.7. The third kappa shape index (κ3) is 4.38. The van der Waals surface area contributed by atoms with Gasteiger partial charge in [0.2, 0.25) is 0 Å². The molecule has 0 unspecified atom stereocenters. The van der Waals surface area contributed by atoms with E-state index in [2.05, 4.69) is 58.7 Å². The van der Waals surface area contributed by atoms with Gasteiger partial charge in [-0.1, -0.05) is 30.3 Å². The van der Waals surface area contributed by atoms with E-state index in [1.54, 1.807) is 0 Å². The maximum Gasteiger partial charge on any atom is 0.274 e. The predicted octanol–water partition coefficient (Wildman–Crippen LogP) is 2.72. The molecule has 0 bridgehead atoms. The van der Waals surface area contributed by atoms with Crippen LogP contribution >= 0.6 is 0 Å². The summed E-state index contributed by atoms with van der Waals surface area (Å²) in [5, 5.41) is 0. The standard InChI is InChI=1S/C23H33N5O/c1-18-22(24-19(2)28(18)21-9-11-25(3)12-10-21)23(29)27-15-13-26(14-16-27)17-20-7-5-4-6-8-20/h4-8,21H,9-17H2,1-3H3. The van der Waals surface area contributed by atoms with Crippen molar-refractivity contribution in [3.63, 3.8) is 0 Å². The fraction of sp³-hybridized carbons (Fsp3) is 0.565. The fourth-order valence-electron chi connectivity index (χ4n) is 4.75. The molecule has 2 aliphatic rings. The van der Waals surface area contributed by atoms with Crippen LogP contribution in [0.3, 0.4) is 0 Å². The van der Waals surface area contributed by atoms with Gasteiger partial charge in [0.05, 0.1) is 0 Å². The van der Waals surface area contributed by atoms with Gasteiger partial charge in [-0.2, -0.15) is 0 Å². The number of aryl methyl sites for hydroxylation is 1. The minimum atomic E-state index is 0.0941. The van der Waals surface area contributed by atoms with Crippen molar-refractivity contribution in [2.45, 2.75) is 39.3 Å². The Morgan fingerprint density at radius 2 is 1.66 bits per heavy atom. The molecule has 1 aromatic heterocycles. The molecule has 0 saturated carbocycles. The number of rotatable bonds is 4. The lowest BCUT2D eigenvalue weighted by atomic mass is 10.0. The normalized spacial score (nSPS) is 19.6. The molecule has 2 aliphatic heterocycles. The van der Waals surface area contributed by atoms with E-state index in [1.807, 2.05) is 11.8 Å². The van der Waals surface area contributed by atoms with Crippen LogP contribution in [0.1, 0.15) is 46.5 Å². The Morgan fingerprint density at radius 1 is 1.00 bits per heavy atom. The highest BCUT2D eigenvalue weighted by Crippen LogP contribution is 2.27. The van der Waals surface area contributed by atoms with Crippen molar-refractivity contribution in [3.8, 4) is 0 Å². The zero-order valence-electron chi connectivity index (χ0n) is 18.0. The minimum Gasteiger partial charge on any atom is -0.335 e. The summed E-state index contributed by atoms with van der Waals surface area (Å²) < 4.78 is 2.31. The van der Waals surface area contributed by atoms with E-state index in [0.717, 1.165) is 70.2 Å². The second-order valence-corrected chi connectivity index (χ2v) is 8.55. The molecule has 29 heavy (non-hydrogen) atoms. The van der Waals surface area contributed by atoms with E-state index in [4.69, 9.17) is 4.98 Å². The molecule has 0 radical (unpaired) electrons. The molecule has 156 valence electrons. The van der Waals surface area contributed by atoms with Gasteiger partial charge in [-0.25, -0.2) is 4.98 Å². The van der Waals surface area contributed by atoms with Gasteiger partial charge >= 0.3 is 0 Å². The molecule has 2 aromatic rings. The average Bonchev–Trinajstić information content (AvgIpc) is 3.04. The molecule has 3 heterocycles. The number of amides is 1. The van der Waals surface area contributed by atoms with Crippen LogP contribution in [0.25, 0.3) is 0 Å². The third-order valence-corrected chi connectivity index (χ3v) is 6.49. The number of carbonyl (C=O) groups is 1. The van der Waals surface area contributed by atoms with E-state index >= 15 is 0 Å². The first kappa shape index (κ1) is 20.1. The second-order valence-electron chi connectivity index (χ2n) is 8.55. The smallest absolute Gasteiger partial charge is 0.274 e. The highest BCUT2D eigenvalue weighted by atomic mass is 16.2. The number of imidazole rings is 1. The van der Waals surface area contributed by atoms with Crippen LogP contribution in [0.5, 0.6) is 0 Å². The number of aromatic nitrogens is 2. The molecule has 6 nitrogen and oxygen atoms in total. The van der Waals surface area contributed by atoms with Gasteiger partial charge in [0.15, 0.2) is 0 Å². The number of nitrogens with zero attached hydrogens (tertiary/aromatic N) is 5. The van der Waals surface area contributed by atoms with Crippen LogP contribution < -0.4 is 0 Å². The van der Waals surface area contributed by atoms with Gasteiger partial charge in [0.25, 0.3) is 5.91 Å². The zero-order valence-corrected chi connectivity index (χ0v) is 18.0. The Labute approximate surface area is 174 Å². The third-order valence-electron chi connectivity index (χ3n) is 6.49. The highest BCUT2D eigenvalue weighted by Gasteiger charge is 2.29. The summed E-state index contributed by atoms with van der Waals surface area (Å²) in [5.41, 5.74) is 3.02. The first-order valence-electron chi connectivity index (χ1n) is 10.8. The molecule has 0 atom stereocenters. The maximum atomic E-state index is 13.2. The molecule has 0 aliphatic carbocycles. The fourth-order valence-corrected chi connectivity index (χ4v) is 4.75. The number of piperidine rings is 1. The largest absolute Gasteiger partial charge is 0.335 e. The predicted molar refractivity (Wildman–Crippen MR) is 115 cm³/mol. The van der Waals surface area contributed by atoms with Crippen molar-refractivity contribution in [1.82, 2.24) is 24.3 Å². The number of benzene rings is 1. The van der Waals surface area contributed by atoms with Gasteiger partial charge in [0.1, 0.15) is 11.5 Å². The van der Waals surface area contributed by atoms with Crippen molar-refractivity contribution in [3.05, 3.63) is 53.1 Å². The SMILES string of the molecule is Cc1nc(C(=O)N2CCN(Cc3ccccc3)CC2)c(C)n1C1CCN(C)CC1. The summed E-state index contributed by atoms with van der Waals surface area (Å²) in [5.74, 6) is 1.07. The van der Waals surface area contributed by atoms with E-state index in [-0.39, 0.29) is 5.91 Å². The number of likely N-dealkylation sites (tertiary alicyclic amines) is 1. The topological polar surface area (TPSA) is 44.6 Å². The molecule has 6 heteroatoms. The van der Waals surface area contributed by atoms with Crippen LogP contribution in [0.4, 0.5) is 0 Å². The van der Waals surface area contributed by atoms with Crippen LogP contribution in [0, 0.1) is 13.8 Å². The zero-order chi connectivity index (χ0) is 20.4. The van der Waals surface area contributed by atoms with E-state index in [0.29, 0.717) is 11.7 Å². The highest BCUT2D eigenvalue weighted by molar-refractivity contribution is 5.93. The van der Waals surface area contributed by atoms with Crippen molar-refractivity contribution in [2.75, 3.05) is 46.3 Å². The Balaban J connectivity index is 1.39. The van der Waals surface area contributed by atoms with Gasteiger partial charge in [-0.05, 0) is 52.4 Å². The summed E-state index contributed by atoms with van der Waals surface area (Å²) in [7, 11) is 2.18. The Bertz CT molecular complexity index is 830. The number of hydrogen-bond acceptors (Lipinski definition) is 4. The monoisotopic (exact) mass is 395 g/mol. The quantitative estimate of drug-likeness (QED) is 0.799. The molecule has 4 rings (SSSR count). The number of carbonyl (C=O) groups excluding carboxylic acids is 1. The van der Waals surface area contributed by atoms with Gasteiger partial charge in [0, 0.05) is 44.5 Å². The lowest BCUT2D eigenvalue weighted by Gasteiger charge is -2.34. The minimum absolute atomic E-state index is 0.0941. The summed E-state index contributed by atoms with van der Waals surface area (Å²) in [6, 6.07) is 11.0. The molecular formula is C23H33N5O. The van der Waals surface area contributed by atoms with Gasteiger partial charge in [-0.15, -0.1) is 0 Å².